The maximum absolute atomic E-state index is 13.5. The largest absolute Gasteiger partial charge is 0.354 e. The molecule has 3 aromatic rings. The number of unbranched alkanes of at least 4 members (excludes halogenated alkanes) is 1. The SMILES string of the molecule is CCCCNC(=O)[C@@H](CC)N(CCc1ccccc1)C(=O)CCc1cccc2ccccc12. The van der Waals surface area contributed by atoms with Crippen LogP contribution in [0, 0.1) is 0 Å². The minimum Gasteiger partial charge on any atom is -0.354 e. The number of hydrogen-bond acceptors (Lipinski definition) is 2. The molecular formula is C29H36N2O2. The summed E-state index contributed by atoms with van der Waals surface area (Å²) in [5, 5.41) is 5.41. The van der Waals surface area contributed by atoms with Crippen LogP contribution in [0.2, 0.25) is 0 Å². The van der Waals surface area contributed by atoms with E-state index in [1.807, 2.05) is 43.3 Å². The third kappa shape index (κ3) is 6.92. The van der Waals surface area contributed by atoms with Crippen molar-refractivity contribution in [2.75, 3.05) is 13.1 Å². The van der Waals surface area contributed by atoms with Crippen LogP contribution in [-0.4, -0.2) is 35.8 Å². The van der Waals surface area contributed by atoms with E-state index in [1.54, 1.807) is 4.90 Å². The van der Waals surface area contributed by atoms with Gasteiger partial charge in [0.2, 0.25) is 11.8 Å². The Kier molecular flexibility index (Phi) is 9.49. The van der Waals surface area contributed by atoms with Crippen molar-refractivity contribution in [1.29, 1.82) is 0 Å². The number of rotatable bonds is 12. The molecular weight excluding hydrogens is 408 g/mol. The quantitative estimate of drug-likeness (QED) is 0.373. The van der Waals surface area contributed by atoms with Gasteiger partial charge in [-0.3, -0.25) is 9.59 Å². The van der Waals surface area contributed by atoms with Crippen molar-refractivity contribution in [3.8, 4) is 0 Å². The van der Waals surface area contributed by atoms with Crippen molar-refractivity contribution < 1.29 is 9.59 Å². The van der Waals surface area contributed by atoms with Crippen LogP contribution >= 0.6 is 0 Å². The lowest BCUT2D eigenvalue weighted by Crippen LogP contribution is -2.50. The highest BCUT2D eigenvalue weighted by atomic mass is 16.2. The number of carbonyl (C=O) groups excluding carboxylic acids is 2. The Labute approximate surface area is 198 Å². The molecule has 0 radical (unpaired) electrons. The lowest BCUT2D eigenvalue weighted by atomic mass is 10.00. The van der Waals surface area contributed by atoms with E-state index in [1.165, 1.54) is 21.9 Å². The molecule has 1 N–H and O–H groups in total. The van der Waals surface area contributed by atoms with E-state index in [4.69, 9.17) is 0 Å². The second-order valence-corrected chi connectivity index (χ2v) is 8.53. The minimum absolute atomic E-state index is 0.0383. The Bertz CT molecular complexity index is 1030. The van der Waals surface area contributed by atoms with Crippen LogP contribution in [0.25, 0.3) is 10.8 Å². The molecule has 0 spiro atoms. The minimum atomic E-state index is -0.439. The standard InChI is InChI=1S/C29H36N2O2/c1-3-5-21-30-29(33)27(4-2)31(22-20-23-12-7-6-8-13-23)28(32)19-18-25-16-11-15-24-14-9-10-17-26(24)25/h6-17,27H,3-5,18-22H2,1-2H3,(H,30,33)/t27-/m1/s1. The molecule has 33 heavy (non-hydrogen) atoms. The van der Waals surface area contributed by atoms with Gasteiger partial charge in [0.25, 0.3) is 0 Å². The number of nitrogens with one attached hydrogen (secondary N) is 1. The predicted octanol–water partition coefficient (Wildman–Crippen LogP) is 5.54. The van der Waals surface area contributed by atoms with E-state index in [9.17, 15) is 9.59 Å². The van der Waals surface area contributed by atoms with Crippen molar-refractivity contribution in [3.63, 3.8) is 0 Å². The predicted molar refractivity (Wildman–Crippen MR) is 136 cm³/mol. The Hall–Kier alpha value is -3.14. The van der Waals surface area contributed by atoms with Gasteiger partial charge in [0.1, 0.15) is 6.04 Å². The molecule has 3 aromatic carbocycles. The topological polar surface area (TPSA) is 49.4 Å². The van der Waals surface area contributed by atoms with Crippen LogP contribution in [-0.2, 0) is 22.4 Å². The summed E-state index contributed by atoms with van der Waals surface area (Å²) in [6.07, 6.45) is 4.36. The summed E-state index contributed by atoms with van der Waals surface area (Å²) in [4.78, 5) is 28.2. The summed E-state index contributed by atoms with van der Waals surface area (Å²) in [5.74, 6) is -0.00567. The number of carbonyl (C=O) groups is 2. The Morgan fingerprint density at radius 3 is 2.36 bits per heavy atom. The molecule has 0 aromatic heterocycles. The molecule has 174 valence electrons. The van der Waals surface area contributed by atoms with Gasteiger partial charge < -0.3 is 10.2 Å². The molecule has 0 aliphatic rings. The third-order valence-corrected chi connectivity index (χ3v) is 6.19. The molecule has 0 saturated heterocycles. The van der Waals surface area contributed by atoms with Crippen molar-refractivity contribution in [3.05, 3.63) is 83.9 Å². The van der Waals surface area contributed by atoms with Crippen molar-refractivity contribution in [1.82, 2.24) is 10.2 Å². The van der Waals surface area contributed by atoms with Gasteiger partial charge in [-0.25, -0.2) is 0 Å². The molecule has 0 aliphatic carbocycles. The zero-order valence-corrected chi connectivity index (χ0v) is 19.9. The number of hydrogen-bond donors (Lipinski definition) is 1. The van der Waals surface area contributed by atoms with Gasteiger partial charge in [-0.2, -0.15) is 0 Å². The van der Waals surface area contributed by atoms with Gasteiger partial charge in [-0.05, 0) is 47.6 Å². The van der Waals surface area contributed by atoms with E-state index in [0.717, 1.165) is 19.3 Å². The van der Waals surface area contributed by atoms with Gasteiger partial charge in [-0.1, -0.05) is 93.1 Å². The number of benzene rings is 3. The molecule has 4 heteroatoms. The van der Waals surface area contributed by atoms with Crippen LogP contribution < -0.4 is 5.32 Å². The van der Waals surface area contributed by atoms with Gasteiger partial charge >= 0.3 is 0 Å². The fourth-order valence-electron chi connectivity index (χ4n) is 4.30. The second kappa shape index (κ2) is 12.8. The van der Waals surface area contributed by atoms with E-state index in [2.05, 4.69) is 48.6 Å². The first-order chi connectivity index (χ1) is 16.1. The first-order valence-corrected chi connectivity index (χ1v) is 12.2. The fourth-order valence-corrected chi connectivity index (χ4v) is 4.30. The van der Waals surface area contributed by atoms with Gasteiger partial charge in [0, 0.05) is 19.5 Å². The van der Waals surface area contributed by atoms with Gasteiger partial charge in [0.05, 0.1) is 0 Å². The Balaban J connectivity index is 1.74. The van der Waals surface area contributed by atoms with Gasteiger partial charge in [0.15, 0.2) is 0 Å². The molecule has 0 saturated carbocycles. The lowest BCUT2D eigenvalue weighted by Gasteiger charge is -2.31. The van der Waals surface area contributed by atoms with Gasteiger partial charge in [-0.15, -0.1) is 0 Å². The average molecular weight is 445 g/mol. The first-order valence-electron chi connectivity index (χ1n) is 12.2. The van der Waals surface area contributed by atoms with Crippen LogP contribution in [0.5, 0.6) is 0 Å². The molecule has 1 atom stereocenters. The lowest BCUT2D eigenvalue weighted by molar-refractivity contribution is -0.140. The molecule has 0 unspecified atom stereocenters. The van der Waals surface area contributed by atoms with Crippen LogP contribution in [0.4, 0.5) is 0 Å². The molecule has 0 aliphatic heterocycles. The number of nitrogens with zero attached hydrogens (tertiary/aromatic N) is 1. The highest BCUT2D eigenvalue weighted by Crippen LogP contribution is 2.20. The summed E-state index contributed by atoms with van der Waals surface area (Å²) in [5.41, 5.74) is 2.34. The average Bonchev–Trinajstić information content (AvgIpc) is 2.85. The van der Waals surface area contributed by atoms with Crippen LogP contribution in [0.1, 0.15) is 50.7 Å². The molecule has 0 bridgehead atoms. The Morgan fingerprint density at radius 2 is 1.61 bits per heavy atom. The summed E-state index contributed by atoms with van der Waals surface area (Å²) in [6.45, 7) is 5.28. The van der Waals surface area contributed by atoms with E-state index in [-0.39, 0.29) is 11.8 Å². The van der Waals surface area contributed by atoms with Crippen molar-refractivity contribution >= 4 is 22.6 Å². The summed E-state index contributed by atoms with van der Waals surface area (Å²) >= 11 is 0. The molecule has 4 nitrogen and oxygen atoms in total. The normalized spacial score (nSPS) is 11.8. The maximum Gasteiger partial charge on any atom is 0.242 e. The number of fused-ring (bicyclic) bond motifs is 1. The monoisotopic (exact) mass is 444 g/mol. The van der Waals surface area contributed by atoms with Crippen molar-refractivity contribution in [2.24, 2.45) is 0 Å². The second-order valence-electron chi connectivity index (χ2n) is 8.53. The van der Waals surface area contributed by atoms with Crippen LogP contribution in [0.15, 0.2) is 72.8 Å². The molecule has 3 rings (SSSR count). The highest BCUT2D eigenvalue weighted by molar-refractivity contribution is 5.89. The summed E-state index contributed by atoms with van der Waals surface area (Å²) < 4.78 is 0. The molecule has 0 fully saturated rings. The van der Waals surface area contributed by atoms with E-state index >= 15 is 0 Å². The Morgan fingerprint density at radius 1 is 0.879 bits per heavy atom. The zero-order chi connectivity index (χ0) is 23.5. The number of aryl methyl sites for hydroxylation is 1. The van der Waals surface area contributed by atoms with E-state index in [0.29, 0.717) is 32.4 Å². The highest BCUT2D eigenvalue weighted by Gasteiger charge is 2.27. The maximum atomic E-state index is 13.5. The third-order valence-electron chi connectivity index (χ3n) is 6.19. The van der Waals surface area contributed by atoms with Crippen LogP contribution in [0.3, 0.4) is 0 Å². The zero-order valence-electron chi connectivity index (χ0n) is 19.9. The molecule has 0 heterocycles. The van der Waals surface area contributed by atoms with Crippen molar-refractivity contribution in [2.45, 2.75) is 58.4 Å². The fraction of sp³-hybridized carbons (Fsp3) is 0.379. The summed E-state index contributed by atoms with van der Waals surface area (Å²) in [7, 11) is 0. The number of amides is 2. The van der Waals surface area contributed by atoms with E-state index < -0.39 is 6.04 Å². The molecule has 2 amide bonds. The summed E-state index contributed by atoms with van der Waals surface area (Å²) in [6, 6.07) is 24.2. The first kappa shape index (κ1) is 24.5. The smallest absolute Gasteiger partial charge is 0.242 e.